The number of benzene rings is 2. The van der Waals surface area contributed by atoms with Crippen molar-refractivity contribution in [2.75, 3.05) is 90.5 Å². The molecule has 3 atom stereocenters. The van der Waals surface area contributed by atoms with Gasteiger partial charge in [-0.1, -0.05) is 51.1 Å². The number of nitrogens with two attached hydrogens (primary N) is 1. The summed E-state index contributed by atoms with van der Waals surface area (Å²) in [6.45, 7) is 8.50. The zero-order valence-electron chi connectivity index (χ0n) is 43.9. The topological polar surface area (TPSA) is 275 Å². The fourth-order valence-electron chi connectivity index (χ4n) is 8.24. The van der Waals surface area contributed by atoms with Gasteiger partial charge in [-0.3, -0.25) is 43.3 Å². The highest BCUT2D eigenvalue weighted by Crippen LogP contribution is 2.41. The van der Waals surface area contributed by atoms with Crippen molar-refractivity contribution >= 4 is 59.0 Å². The van der Waals surface area contributed by atoms with Gasteiger partial charge in [0.25, 0.3) is 11.8 Å². The zero-order valence-corrected chi connectivity index (χ0v) is 44.7. The van der Waals surface area contributed by atoms with Crippen LogP contribution in [0.3, 0.4) is 0 Å². The Morgan fingerprint density at radius 2 is 1.44 bits per heavy atom. The van der Waals surface area contributed by atoms with Gasteiger partial charge in [0.1, 0.15) is 11.6 Å². The summed E-state index contributed by atoms with van der Waals surface area (Å²) in [4.78, 5) is 103. The number of nitrogens with zero attached hydrogens (tertiary/aromatic N) is 3. The first-order valence-corrected chi connectivity index (χ1v) is 26.6. The van der Waals surface area contributed by atoms with Gasteiger partial charge in [0, 0.05) is 92.8 Å². The van der Waals surface area contributed by atoms with Crippen LogP contribution in [-0.2, 0) is 63.8 Å². The predicted molar refractivity (Wildman–Crippen MR) is 281 cm³/mol. The molecule has 2 aromatic carbocycles. The number of carbonyl (C=O) groups is 8. The number of amides is 5. The summed E-state index contributed by atoms with van der Waals surface area (Å²) in [6, 6.07) is 12.6. The number of aromatic nitrogens is 1. The highest BCUT2D eigenvalue weighted by molar-refractivity contribution is 7.99. The molecular weight excluding hydrogens is 1030 g/mol. The van der Waals surface area contributed by atoms with Gasteiger partial charge in [-0.15, -0.1) is 0 Å². The molecule has 1 aliphatic rings. The Morgan fingerprint density at radius 1 is 0.805 bits per heavy atom. The summed E-state index contributed by atoms with van der Waals surface area (Å²) in [6.07, 6.45) is 2.97. The maximum Gasteiger partial charge on any atom is 0.307 e. The van der Waals surface area contributed by atoms with Crippen LogP contribution < -0.4 is 16.4 Å². The number of halogens is 2. The molecule has 0 unspecified atom stereocenters. The molecule has 0 bridgehead atoms. The molecule has 4 rings (SSSR count). The van der Waals surface area contributed by atoms with Crippen molar-refractivity contribution in [3.8, 4) is 11.1 Å². The molecule has 0 saturated carbocycles. The van der Waals surface area contributed by atoms with Gasteiger partial charge in [0.15, 0.2) is 5.78 Å². The number of carboxylic acid groups (broad SMARTS) is 2. The largest absolute Gasteiger partial charge is 0.481 e. The van der Waals surface area contributed by atoms with Crippen molar-refractivity contribution in [2.45, 2.75) is 77.9 Å². The van der Waals surface area contributed by atoms with E-state index in [4.69, 9.17) is 24.7 Å². The second-order valence-electron chi connectivity index (χ2n) is 19.1. The Hall–Kier alpha value is -6.37. The SMILES string of the molecule is CC(C)(C)[C@H](c1cc(-c2cc(F)ccc2F)cn1Cc1ccccc1)N(CCCN)C(=O)CSC[C@H](CC(=O)[C@H](CCC(=O)O)NC(=O)CCOCCOCCOCCOCCNC(=O)CCN1C(=O)C=CC1=O)C(=O)O. The van der Waals surface area contributed by atoms with Crippen molar-refractivity contribution in [3.63, 3.8) is 0 Å². The van der Waals surface area contributed by atoms with E-state index in [2.05, 4.69) is 10.6 Å². The molecule has 1 aliphatic heterocycles. The summed E-state index contributed by atoms with van der Waals surface area (Å²) in [5.41, 5.74) is 7.38. The number of aliphatic carboxylic acids is 2. The minimum Gasteiger partial charge on any atom is -0.481 e. The van der Waals surface area contributed by atoms with E-state index < -0.39 is 83.3 Å². The normalized spacial score (nSPS) is 13.6. The molecule has 77 heavy (non-hydrogen) atoms. The van der Waals surface area contributed by atoms with E-state index in [0.29, 0.717) is 24.2 Å². The lowest BCUT2D eigenvalue weighted by atomic mass is 9.83. The first kappa shape index (κ1) is 63.2. The number of Topliss-reactive ketones (excluding diaryl/α,β-unsaturated/α-hetero) is 1. The lowest BCUT2D eigenvalue weighted by Crippen LogP contribution is -2.44. The van der Waals surface area contributed by atoms with Crippen LogP contribution in [0.1, 0.15) is 76.6 Å². The van der Waals surface area contributed by atoms with Crippen molar-refractivity contribution in [1.29, 1.82) is 0 Å². The van der Waals surface area contributed by atoms with E-state index in [1.807, 2.05) is 55.7 Å². The minimum absolute atomic E-state index is 0.00175. The van der Waals surface area contributed by atoms with E-state index in [1.54, 1.807) is 17.2 Å². The first-order valence-electron chi connectivity index (χ1n) is 25.4. The number of hydrogen-bond donors (Lipinski definition) is 5. The molecule has 0 saturated heterocycles. The van der Waals surface area contributed by atoms with Crippen LogP contribution in [0, 0.1) is 23.0 Å². The van der Waals surface area contributed by atoms with Crippen LogP contribution >= 0.6 is 11.8 Å². The quantitative estimate of drug-likeness (QED) is 0.0394. The van der Waals surface area contributed by atoms with Crippen molar-refractivity contribution < 1.29 is 76.3 Å². The van der Waals surface area contributed by atoms with Gasteiger partial charge in [-0.2, -0.15) is 11.8 Å². The molecule has 3 aromatic rings. The molecule has 6 N–H and O–H groups in total. The molecule has 5 amide bonds. The summed E-state index contributed by atoms with van der Waals surface area (Å²) >= 11 is 1.01. The summed E-state index contributed by atoms with van der Waals surface area (Å²) in [5.74, 6) is -8.26. The van der Waals surface area contributed by atoms with E-state index in [0.717, 1.165) is 52.6 Å². The maximum atomic E-state index is 15.2. The number of rotatable bonds is 38. The van der Waals surface area contributed by atoms with Crippen molar-refractivity contribution in [1.82, 2.24) is 25.0 Å². The van der Waals surface area contributed by atoms with Gasteiger partial charge >= 0.3 is 11.9 Å². The molecule has 0 radical (unpaired) electrons. The van der Waals surface area contributed by atoms with E-state index >= 15 is 4.39 Å². The fourth-order valence-corrected chi connectivity index (χ4v) is 9.24. The molecule has 1 aromatic heterocycles. The molecule has 0 spiro atoms. The van der Waals surface area contributed by atoms with E-state index in [9.17, 15) is 53.0 Å². The number of nitrogens with one attached hydrogen (secondary N) is 2. The van der Waals surface area contributed by atoms with Crippen LogP contribution in [0.2, 0.25) is 0 Å². The van der Waals surface area contributed by atoms with Gasteiger partial charge in [-0.05, 0) is 54.6 Å². The summed E-state index contributed by atoms with van der Waals surface area (Å²) in [5, 5.41) is 24.8. The van der Waals surface area contributed by atoms with Gasteiger partial charge in [0.05, 0.1) is 76.6 Å². The Morgan fingerprint density at radius 3 is 2.05 bits per heavy atom. The Balaban J connectivity index is 1.22. The number of hydrogen-bond acceptors (Lipinski definition) is 14. The monoisotopic (exact) mass is 1100 g/mol. The highest BCUT2D eigenvalue weighted by atomic mass is 32.2. The summed E-state index contributed by atoms with van der Waals surface area (Å²) in [7, 11) is 0. The van der Waals surface area contributed by atoms with Crippen molar-refractivity contribution in [3.05, 3.63) is 95.8 Å². The maximum absolute atomic E-state index is 15.2. The first-order chi connectivity index (χ1) is 36.8. The average molecular weight is 1100 g/mol. The molecule has 23 heteroatoms. The molecular formula is C54H72F2N6O14S. The van der Waals surface area contributed by atoms with Crippen LogP contribution in [0.5, 0.6) is 0 Å². The van der Waals surface area contributed by atoms with Crippen LogP contribution in [-0.4, -0.2) is 168 Å². The third-order valence-corrected chi connectivity index (χ3v) is 13.1. The number of ketones is 1. The molecule has 2 heterocycles. The highest BCUT2D eigenvalue weighted by Gasteiger charge is 2.37. The second-order valence-corrected chi connectivity index (χ2v) is 20.2. The lowest BCUT2D eigenvalue weighted by Gasteiger charge is -2.41. The van der Waals surface area contributed by atoms with E-state index in [-0.39, 0.29) is 127 Å². The van der Waals surface area contributed by atoms with Crippen LogP contribution in [0.15, 0.2) is 72.9 Å². The number of carbonyl (C=O) groups excluding carboxylic acids is 6. The smallest absolute Gasteiger partial charge is 0.307 e. The Bertz CT molecular complexity index is 2450. The minimum atomic E-state index is -1.32. The third-order valence-electron chi connectivity index (χ3n) is 12.0. The fraction of sp³-hybridized carbons (Fsp3) is 0.519. The zero-order chi connectivity index (χ0) is 56.3. The second kappa shape index (κ2) is 33.0. The van der Waals surface area contributed by atoms with Crippen molar-refractivity contribution in [2.24, 2.45) is 17.1 Å². The third kappa shape index (κ3) is 22.3. The standard InChI is InChI=1S/C54H72F2N6O14S/c1-54(2,3)52(44-30-38(41-32-40(55)10-11-42(41)56)34-60(44)33-37-8-5-4-6-9-37)62(20-7-18-57)50(68)36-77-35-39(53(71)72)31-45(63)43(12-15-51(69)70)59-47(65)17-22-73-24-26-75-28-29-76-27-25-74-23-19-58-46(64)16-21-61-48(66)13-14-49(61)67/h4-6,8-11,13-14,30,32,34,39,43,52H,7,12,15-29,31,33,35-36,57H2,1-3H3,(H,58,64)(H,59,65)(H,69,70)(H,71,72)/t39-,43-,52-/m0/s1. The Kier molecular flexibility index (Phi) is 27.1. The number of carboxylic acids is 2. The lowest BCUT2D eigenvalue weighted by molar-refractivity contribution is -0.143. The Labute approximate surface area is 451 Å². The average Bonchev–Trinajstić information content (AvgIpc) is 3.97. The number of imide groups is 1. The van der Waals surface area contributed by atoms with Crippen LogP contribution in [0.4, 0.5) is 8.78 Å². The molecule has 422 valence electrons. The molecule has 20 nitrogen and oxygen atoms in total. The van der Waals surface area contributed by atoms with E-state index in [1.165, 1.54) is 0 Å². The number of thioether (sulfide) groups is 1. The molecule has 0 aliphatic carbocycles. The van der Waals surface area contributed by atoms with Gasteiger partial charge in [-0.25, -0.2) is 8.78 Å². The summed E-state index contributed by atoms with van der Waals surface area (Å²) < 4.78 is 53.4. The van der Waals surface area contributed by atoms with Gasteiger partial charge in [0.2, 0.25) is 17.7 Å². The van der Waals surface area contributed by atoms with Crippen LogP contribution in [0.25, 0.3) is 11.1 Å². The van der Waals surface area contributed by atoms with Gasteiger partial charge < -0.3 is 55.0 Å². The molecule has 0 fully saturated rings. The predicted octanol–water partition coefficient (Wildman–Crippen LogP) is 4.38. The number of ether oxygens (including phenoxy) is 4.